The number of thiazole rings is 1. The van der Waals surface area contributed by atoms with E-state index in [1.54, 1.807) is 18.4 Å². The third kappa shape index (κ3) is 5.07. The Morgan fingerprint density at radius 2 is 2.12 bits per heavy atom. The Hall–Kier alpha value is -1.35. The Kier molecular flexibility index (Phi) is 7.49. The van der Waals surface area contributed by atoms with Gasteiger partial charge in [0.25, 0.3) is 0 Å². The van der Waals surface area contributed by atoms with Gasteiger partial charge >= 0.3 is 0 Å². The van der Waals surface area contributed by atoms with Crippen molar-refractivity contribution in [1.29, 1.82) is 0 Å². The Morgan fingerprint density at radius 1 is 1.32 bits per heavy atom. The smallest absolute Gasteiger partial charge is 0.191 e. The molecule has 2 aromatic rings. The molecule has 1 aromatic heterocycles. The first-order chi connectivity index (χ1) is 11.7. The van der Waals surface area contributed by atoms with Crippen molar-refractivity contribution in [2.45, 2.75) is 32.7 Å². The average Bonchev–Trinajstić information content (AvgIpc) is 2.92. The van der Waals surface area contributed by atoms with Crippen LogP contribution in [0.3, 0.4) is 0 Å². The maximum atomic E-state index is 5.73. The van der Waals surface area contributed by atoms with E-state index >= 15 is 0 Å². The number of hydrogen-bond donors (Lipinski definition) is 2. The Bertz CT molecular complexity index is 732. The summed E-state index contributed by atoms with van der Waals surface area (Å²) in [6.07, 6.45) is 1.02. The van der Waals surface area contributed by atoms with Crippen LogP contribution in [0, 0.1) is 13.8 Å². The van der Waals surface area contributed by atoms with E-state index < -0.39 is 0 Å². The standard InChI is InChI=1S/C18H24N4OS.HI/c1-12-17(24-13(2)22-12)11-21-18(19-3)20-10-14-8-9-23-16-7-5-4-6-15(14)16;/h4-7,14H,8-11H2,1-3H3,(H2,19,20,21);1H. The SMILES string of the molecule is CN=C(NCc1sc(C)nc1C)NCC1CCOc2ccccc21.I. The van der Waals surface area contributed by atoms with Gasteiger partial charge in [0.1, 0.15) is 5.75 Å². The van der Waals surface area contributed by atoms with Crippen LogP contribution in [0.25, 0.3) is 0 Å². The fourth-order valence-electron chi connectivity index (χ4n) is 2.97. The van der Waals surface area contributed by atoms with Crippen molar-refractivity contribution >= 4 is 41.3 Å². The maximum absolute atomic E-state index is 5.73. The number of benzene rings is 1. The Balaban J connectivity index is 0.00000225. The van der Waals surface area contributed by atoms with Gasteiger partial charge < -0.3 is 15.4 Å². The number of hydrogen-bond acceptors (Lipinski definition) is 4. The summed E-state index contributed by atoms with van der Waals surface area (Å²) in [5, 5.41) is 7.93. The highest BCUT2D eigenvalue weighted by Crippen LogP contribution is 2.32. The summed E-state index contributed by atoms with van der Waals surface area (Å²) < 4.78 is 5.73. The van der Waals surface area contributed by atoms with E-state index in [1.807, 2.05) is 19.1 Å². The Labute approximate surface area is 170 Å². The lowest BCUT2D eigenvalue weighted by Gasteiger charge is -2.26. The molecule has 0 radical (unpaired) electrons. The topological polar surface area (TPSA) is 58.5 Å². The Morgan fingerprint density at radius 3 is 2.84 bits per heavy atom. The molecule has 0 amide bonds. The zero-order valence-electron chi connectivity index (χ0n) is 14.8. The number of guanidine groups is 1. The van der Waals surface area contributed by atoms with E-state index in [0.717, 1.165) is 48.5 Å². The van der Waals surface area contributed by atoms with Crippen molar-refractivity contribution in [3.05, 3.63) is 45.4 Å². The molecule has 0 fully saturated rings. The highest BCUT2D eigenvalue weighted by atomic mass is 127. The van der Waals surface area contributed by atoms with Gasteiger partial charge in [0.15, 0.2) is 5.96 Å². The van der Waals surface area contributed by atoms with E-state index in [-0.39, 0.29) is 24.0 Å². The lowest BCUT2D eigenvalue weighted by molar-refractivity contribution is 0.267. The molecule has 1 aromatic carbocycles. The average molecular weight is 472 g/mol. The van der Waals surface area contributed by atoms with Gasteiger partial charge in [-0.15, -0.1) is 35.3 Å². The lowest BCUT2D eigenvalue weighted by atomic mass is 9.93. The minimum absolute atomic E-state index is 0. The van der Waals surface area contributed by atoms with Crippen LogP contribution in [-0.2, 0) is 6.54 Å². The molecule has 0 aliphatic carbocycles. The molecule has 2 N–H and O–H groups in total. The predicted octanol–water partition coefficient (Wildman–Crippen LogP) is 3.61. The van der Waals surface area contributed by atoms with Gasteiger partial charge in [0.2, 0.25) is 0 Å². The van der Waals surface area contributed by atoms with Crippen molar-refractivity contribution in [2.24, 2.45) is 4.99 Å². The van der Waals surface area contributed by atoms with Gasteiger partial charge in [0.05, 0.1) is 23.9 Å². The first kappa shape index (κ1) is 20.0. The summed E-state index contributed by atoms with van der Waals surface area (Å²) >= 11 is 1.73. The second kappa shape index (κ2) is 9.38. The van der Waals surface area contributed by atoms with Crippen LogP contribution < -0.4 is 15.4 Å². The summed E-state index contributed by atoms with van der Waals surface area (Å²) in [6.45, 7) is 6.46. The largest absolute Gasteiger partial charge is 0.493 e. The maximum Gasteiger partial charge on any atom is 0.191 e. The summed E-state index contributed by atoms with van der Waals surface area (Å²) in [4.78, 5) is 10.0. The molecule has 1 aliphatic heterocycles. The number of nitrogens with zero attached hydrogens (tertiary/aromatic N) is 2. The van der Waals surface area contributed by atoms with Crippen molar-refractivity contribution in [2.75, 3.05) is 20.2 Å². The molecule has 0 saturated carbocycles. The van der Waals surface area contributed by atoms with Crippen LogP contribution in [0.4, 0.5) is 0 Å². The second-order valence-corrected chi connectivity index (χ2v) is 7.21. The van der Waals surface area contributed by atoms with E-state index in [4.69, 9.17) is 4.74 Å². The van der Waals surface area contributed by atoms with Crippen molar-refractivity contribution < 1.29 is 4.74 Å². The highest BCUT2D eigenvalue weighted by molar-refractivity contribution is 14.0. The van der Waals surface area contributed by atoms with Gasteiger partial charge in [-0.25, -0.2) is 4.98 Å². The predicted molar refractivity (Wildman–Crippen MR) is 114 cm³/mol. The van der Waals surface area contributed by atoms with Crippen molar-refractivity contribution in [1.82, 2.24) is 15.6 Å². The van der Waals surface area contributed by atoms with E-state index in [2.05, 4.69) is 39.7 Å². The molecule has 0 saturated heterocycles. The van der Waals surface area contributed by atoms with Gasteiger partial charge in [-0.1, -0.05) is 18.2 Å². The molecule has 1 atom stereocenters. The van der Waals surface area contributed by atoms with E-state index in [9.17, 15) is 0 Å². The number of para-hydroxylation sites is 1. The third-order valence-corrected chi connectivity index (χ3v) is 5.31. The highest BCUT2D eigenvalue weighted by Gasteiger charge is 2.21. The normalized spacial score (nSPS) is 16.4. The third-order valence-electron chi connectivity index (χ3n) is 4.24. The molecular formula is C18H25IN4OS. The second-order valence-electron chi connectivity index (χ2n) is 5.92. The first-order valence-electron chi connectivity index (χ1n) is 8.26. The van der Waals surface area contributed by atoms with Crippen LogP contribution in [0.2, 0.25) is 0 Å². The zero-order chi connectivity index (χ0) is 16.9. The number of aliphatic imine (C=N–C) groups is 1. The van der Waals surface area contributed by atoms with E-state index in [1.165, 1.54) is 10.4 Å². The van der Waals surface area contributed by atoms with Gasteiger partial charge in [-0.05, 0) is 31.9 Å². The number of fused-ring (bicyclic) bond motifs is 1. The minimum atomic E-state index is 0. The number of nitrogens with one attached hydrogen (secondary N) is 2. The van der Waals surface area contributed by atoms with Crippen LogP contribution >= 0.6 is 35.3 Å². The summed E-state index contributed by atoms with van der Waals surface area (Å²) in [6, 6.07) is 8.29. The number of halogens is 1. The molecule has 1 unspecified atom stereocenters. The fraction of sp³-hybridized carbons (Fsp3) is 0.444. The first-order valence-corrected chi connectivity index (χ1v) is 9.08. The number of rotatable bonds is 4. The monoisotopic (exact) mass is 472 g/mol. The molecule has 0 spiro atoms. The minimum Gasteiger partial charge on any atom is -0.493 e. The van der Waals surface area contributed by atoms with Gasteiger partial charge in [-0.3, -0.25) is 4.99 Å². The molecule has 136 valence electrons. The van der Waals surface area contributed by atoms with Gasteiger partial charge in [-0.2, -0.15) is 0 Å². The molecule has 5 nitrogen and oxygen atoms in total. The number of aryl methyl sites for hydroxylation is 2. The van der Waals surface area contributed by atoms with Crippen LogP contribution in [0.15, 0.2) is 29.3 Å². The fourth-order valence-corrected chi connectivity index (χ4v) is 3.85. The van der Waals surface area contributed by atoms with E-state index in [0.29, 0.717) is 5.92 Å². The van der Waals surface area contributed by atoms with Crippen LogP contribution in [0.1, 0.15) is 33.5 Å². The lowest BCUT2D eigenvalue weighted by Crippen LogP contribution is -2.39. The summed E-state index contributed by atoms with van der Waals surface area (Å²) in [5.74, 6) is 2.28. The van der Waals surface area contributed by atoms with Crippen molar-refractivity contribution in [3.63, 3.8) is 0 Å². The molecule has 0 bridgehead atoms. The molecular weight excluding hydrogens is 447 g/mol. The number of ether oxygens (including phenoxy) is 1. The quantitative estimate of drug-likeness (QED) is 0.406. The summed E-state index contributed by atoms with van der Waals surface area (Å²) in [7, 11) is 1.80. The van der Waals surface area contributed by atoms with Crippen molar-refractivity contribution in [3.8, 4) is 5.75 Å². The number of aromatic nitrogens is 1. The van der Waals surface area contributed by atoms with Crippen LogP contribution in [0.5, 0.6) is 5.75 Å². The molecule has 3 rings (SSSR count). The van der Waals surface area contributed by atoms with Gasteiger partial charge in [0, 0.05) is 24.4 Å². The summed E-state index contributed by atoms with van der Waals surface area (Å²) in [5.41, 5.74) is 2.37. The van der Waals surface area contributed by atoms with Crippen LogP contribution in [-0.4, -0.2) is 31.1 Å². The molecule has 25 heavy (non-hydrogen) atoms. The molecule has 2 heterocycles. The zero-order valence-corrected chi connectivity index (χ0v) is 18.0. The molecule has 1 aliphatic rings. The molecule has 7 heteroatoms.